The molecule has 3 nitrogen and oxygen atoms in total. The van der Waals surface area contributed by atoms with Gasteiger partial charge in [0.1, 0.15) is 0 Å². The molecule has 24 heavy (non-hydrogen) atoms. The highest BCUT2D eigenvalue weighted by molar-refractivity contribution is 6.09. The van der Waals surface area contributed by atoms with Crippen molar-refractivity contribution in [2.45, 2.75) is 26.7 Å². The molecule has 2 aromatic carbocycles. The number of carbonyl (C=O) groups excluding carboxylic acids is 2. The molecular weight excluding hydrogens is 300 g/mol. The summed E-state index contributed by atoms with van der Waals surface area (Å²) in [4.78, 5) is 24.5. The topological polar surface area (TPSA) is 43.4 Å². The highest BCUT2D eigenvalue weighted by atomic mass is 16.5. The zero-order valence-electron chi connectivity index (χ0n) is 14.0. The van der Waals surface area contributed by atoms with E-state index < -0.39 is 0 Å². The van der Waals surface area contributed by atoms with Crippen LogP contribution in [0.4, 0.5) is 0 Å². The number of fused-ring (bicyclic) bond motifs is 1. The Morgan fingerprint density at radius 1 is 1.12 bits per heavy atom. The lowest BCUT2D eigenvalue weighted by Crippen LogP contribution is -2.18. The first-order chi connectivity index (χ1) is 11.6. The van der Waals surface area contributed by atoms with Gasteiger partial charge in [-0.15, -0.1) is 0 Å². The van der Waals surface area contributed by atoms with E-state index >= 15 is 0 Å². The van der Waals surface area contributed by atoms with Gasteiger partial charge in [-0.25, -0.2) is 4.79 Å². The number of hydrogen-bond donors (Lipinski definition) is 0. The second-order valence-electron chi connectivity index (χ2n) is 5.87. The summed E-state index contributed by atoms with van der Waals surface area (Å²) in [5.74, 6) is -0.236. The summed E-state index contributed by atoms with van der Waals surface area (Å²) in [6.07, 6.45) is 2.71. The Morgan fingerprint density at radius 2 is 1.88 bits per heavy atom. The molecule has 1 aliphatic carbocycles. The maximum atomic E-state index is 12.4. The van der Waals surface area contributed by atoms with Crippen LogP contribution in [0.3, 0.4) is 0 Å². The fraction of sp³-hybridized carbons (Fsp3) is 0.238. The number of Topliss-reactive ketones (excluding diaryl/α,β-unsaturated/α-hetero) is 1. The van der Waals surface area contributed by atoms with Crippen molar-refractivity contribution >= 4 is 28.6 Å². The third-order valence-corrected chi connectivity index (χ3v) is 4.40. The van der Waals surface area contributed by atoms with Gasteiger partial charge in [0.05, 0.1) is 6.61 Å². The molecule has 3 heteroatoms. The van der Waals surface area contributed by atoms with Gasteiger partial charge in [-0.05, 0) is 48.3 Å². The fourth-order valence-corrected chi connectivity index (χ4v) is 3.13. The summed E-state index contributed by atoms with van der Waals surface area (Å²) >= 11 is 0. The van der Waals surface area contributed by atoms with Crippen molar-refractivity contribution < 1.29 is 14.3 Å². The number of hydrogen-bond acceptors (Lipinski definition) is 3. The van der Waals surface area contributed by atoms with E-state index in [1.54, 1.807) is 6.92 Å². The molecule has 0 atom stereocenters. The molecule has 2 aromatic rings. The van der Waals surface area contributed by atoms with Crippen molar-refractivity contribution in [3.05, 3.63) is 64.7 Å². The minimum atomic E-state index is -0.314. The van der Waals surface area contributed by atoms with Crippen molar-refractivity contribution in [3.8, 4) is 0 Å². The Bertz CT molecular complexity index is 866. The molecule has 0 unspecified atom stereocenters. The van der Waals surface area contributed by atoms with E-state index in [9.17, 15) is 9.59 Å². The Kier molecular flexibility index (Phi) is 4.61. The van der Waals surface area contributed by atoms with E-state index in [1.807, 2.05) is 55.5 Å². The van der Waals surface area contributed by atoms with Gasteiger partial charge in [0.15, 0.2) is 5.78 Å². The van der Waals surface area contributed by atoms with E-state index in [2.05, 4.69) is 0 Å². The van der Waals surface area contributed by atoms with Crippen LogP contribution in [0.5, 0.6) is 0 Å². The Labute approximate surface area is 141 Å². The molecular formula is C21H20O3. The summed E-state index contributed by atoms with van der Waals surface area (Å²) in [5.41, 5.74) is 2.95. The summed E-state index contributed by atoms with van der Waals surface area (Å²) in [7, 11) is 0. The molecule has 0 bridgehead atoms. The van der Waals surface area contributed by atoms with Crippen LogP contribution in [0.15, 0.2) is 59.2 Å². The van der Waals surface area contributed by atoms with Gasteiger partial charge in [-0.1, -0.05) is 42.5 Å². The highest BCUT2D eigenvalue weighted by Crippen LogP contribution is 2.31. The van der Waals surface area contributed by atoms with Crippen LogP contribution in [0.25, 0.3) is 16.8 Å². The zero-order chi connectivity index (χ0) is 17.1. The molecule has 0 heterocycles. The van der Waals surface area contributed by atoms with Gasteiger partial charge in [0, 0.05) is 17.6 Å². The molecule has 0 N–H and O–H groups in total. The van der Waals surface area contributed by atoms with Gasteiger partial charge in [0.25, 0.3) is 0 Å². The molecule has 3 rings (SSSR count). The van der Waals surface area contributed by atoms with Gasteiger partial charge >= 0.3 is 5.97 Å². The van der Waals surface area contributed by atoms with Crippen LogP contribution < -0.4 is 0 Å². The fourth-order valence-electron chi connectivity index (χ4n) is 3.13. The summed E-state index contributed by atoms with van der Waals surface area (Å²) in [6, 6.07) is 14.1. The molecule has 0 aromatic heterocycles. The van der Waals surface area contributed by atoms with Crippen molar-refractivity contribution in [1.82, 2.24) is 0 Å². The molecule has 0 aliphatic heterocycles. The van der Waals surface area contributed by atoms with Gasteiger partial charge in [-0.3, -0.25) is 4.79 Å². The third-order valence-electron chi connectivity index (χ3n) is 4.40. The van der Waals surface area contributed by atoms with E-state index in [0.29, 0.717) is 30.6 Å². The van der Waals surface area contributed by atoms with Crippen molar-refractivity contribution in [1.29, 1.82) is 0 Å². The lowest BCUT2D eigenvalue weighted by molar-refractivity contribution is -0.138. The SMILES string of the molecule is CCOC(=O)C1=C(C)/C(=C\c2cccc3ccccc23)C(=O)CC1. The largest absolute Gasteiger partial charge is 0.463 e. The second kappa shape index (κ2) is 6.83. The number of esters is 1. The van der Waals surface area contributed by atoms with Gasteiger partial charge < -0.3 is 4.74 Å². The molecule has 0 fully saturated rings. The van der Waals surface area contributed by atoms with E-state index in [0.717, 1.165) is 21.9 Å². The summed E-state index contributed by atoms with van der Waals surface area (Å²) in [6.45, 7) is 3.96. The van der Waals surface area contributed by atoms with Crippen molar-refractivity contribution in [3.63, 3.8) is 0 Å². The number of carbonyl (C=O) groups is 2. The Hall–Kier alpha value is -2.68. The first kappa shape index (κ1) is 16.2. The second-order valence-corrected chi connectivity index (χ2v) is 5.87. The number of ketones is 1. The van der Waals surface area contributed by atoms with Gasteiger partial charge in [0.2, 0.25) is 0 Å². The first-order valence-corrected chi connectivity index (χ1v) is 8.21. The molecule has 0 amide bonds. The molecule has 0 saturated carbocycles. The van der Waals surface area contributed by atoms with Crippen LogP contribution in [-0.4, -0.2) is 18.4 Å². The monoisotopic (exact) mass is 320 g/mol. The van der Waals surface area contributed by atoms with E-state index in [-0.39, 0.29) is 11.8 Å². The van der Waals surface area contributed by atoms with E-state index in [1.165, 1.54) is 0 Å². The molecule has 122 valence electrons. The maximum Gasteiger partial charge on any atom is 0.334 e. The first-order valence-electron chi connectivity index (χ1n) is 8.21. The van der Waals surface area contributed by atoms with Crippen LogP contribution >= 0.6 is 0 Å². The average molecular weight is 320 g/mol. The number of rotatable bonds is 3. The minimum Gasteiger partial charge on any atom is -0.463 e. The molecule has 0 radical (unpaired) electrons. The van der Waals surface area contributed by atoms with Crippen LogP contribution in [0.2, 0.25) is 0 Å². The van der Waals surface area contributed by atoms with Crippen molar-refractivity contribution in [2.75, 3.05) is 6.61 Å². The molecule has 1 aliphatic rings. The Morgan fingerprint density at radius 3 is 2.67 bits per heavy atom. The highest BCUT2D eigenvalue weighted by Gasteiger charge is 2.26. The normalized spacial score (nSPS) is 16.8. The predicted octanol–water partition coefficient (Wildman–Crippen LogP) is 4.47. The summed E-state index contributed by atoms with van der Waals surface area (Å²) in [5, 5.41) is 2.22. The van der Waals surface area contributed by atoms with Crippen LogP contribution in [0, 0.1) is 0 Å². The van der Waals surface area contributed by atoms with E-state index in [4.69, 9.17) is 4.74 Å². The lowest BCUT2D eigenvalue weighted by Gasteiger charge is -2.19. The average Bonchev–Trinajstić information content (AvgIpc) is 2.59. The quantitative estimate of drug-likeness (QED) is 0.619. The summed E-state index contributed by atoms with van der Waals surface area (Å²) < 4.78 is 5.12. The van der Waals surface area contributed by atoms with Crippen LogP contribution in [0.1, 0.15) is 32.3 Å². The smallest absolute Gasteiger partial charge is 0.334 e. The Balaban J connectivity index is 2.11. The minimum absolute atomic E-state index is 0.0773. The predicted molar refractivity (Wildman–Crippen MR) is 95.5 cm³/mol. The standard InChI is InChI=1S/C21H20O3/c1-3-24-21(23)17-11-12-20(22)19(14(17)2)13-16-9-6-8-15-7-4-5-10-18(15)16/h4-10,13H,3,11-12H2,1-2H3/b19-13+. The molecule has 0 saturated heterocycles. The number of benzene rings is 2. The number of allylic oxidation sites excluding steroid dienone is 2. The lowest BCUT2D eigenvalue weighted by atomic mass is 9.85. The third kappa shape index (κ3) is 3.02. The zero-order valence-corrected chi connectivity index (χ0v) is 14.0. The maximum absolute atomic E-state index is 12.4. The van der Waals surface area contributed by atoms with Crippen LogP contribution in [-0.2, 0) is 14.3 Å². The van der Waals surface area contributed by atoms with Crippen molar-refractivity contribution in [2.24, 2.45) is 0 Å². The number of ether oxygens (including phenoxy) is 1. The van der Waals surface area contributed by atoms with Gasteiger partial charge in [-0.2, -0.15) is 0 Å². The molecule has 0 spiro atoms.